The van der Waals surface area contributed by atoms with Gasteiger partial charge in [-0.3, -0.25) is 4.79 Å². The van der Waals surface area contributed by atoms with Gasteiger partial charge in [-0.05, 0) is 67.4 Å². The smallest absolute Gasteiger partial charge is 0.243 e. The first kappa shape index (κ1) is 24.1. The lowest BCUT2D eigenvalue weighted by Gasteiger charge is -2.31. The number of rotatable bonds is 7. The maximum Gasteiger partial charge on any atom is 0.243 e. The summed E-state index contributed by atoms with van der Waals surface area (Å²) in [6.45, 7) is 0.452. The first-order valence-corrected chi connectivity index (χ1v) is 12.7. The predicted molar refractivity (Wildman–Crippen MR) is 131 cm³/mol. The molecule has 1 atom stereocenters. The highest BCUT2D eigenvalue weighted by Gasteiger charge is 2.33. The molecule has 0 unspecified atom stereocenters. The zero-order chi connectivity index (χ0) is 24.1. The van der Waals surface area contributed by atoms with E-state index in [4.69, 9.17) is 21.1 Å². The first-order chi connectivity index (χ1) is 16.4. The maximum atomic E-state index is 13.1. The van der Waals surface area contributed by atoms with Crippen molar-refractivity contribution >= 4 is 33.2 Å². The quantitative estimate of drug-likeness (QED) is 0.483. The fraction of sp³-hybridized carbons (Fsp3) is 0.240. The van der Waals surface area contributed by atoms with E-state index in [-0.39, 0.29) is 17.3 Å². The van der Waals surface area contributed by atoms with E-state index in [1.807, 2.05) is 30.3 Å². The second kappa shape index (κ2) is 10.5. The fourth-order valence-corrected chi connectivity index (χ4v) is 5.51. The van der Waals surface area contributed by atoms with Crippen molar-refractivity contribution < 1.29 is 22.7 Å². The van der Waals surface area contributed by atoms with Crippen molar-refractivity contribution in [2.24, 2.45) is 5.92 Å². The van der Waals surface area contributed by atoms with Gasteiger partial charge < -0.3 is 14.8 Å². The van der Waals surface area contributed by atoms with Crippen LogP contribution < -0.4 is 14.8 Å². The fourth-order valence-electron chi connectivity index (χ4n) is 3.81. The van der Waals surface area contributed by atoms with E-state index in [0.29, 0.717) is 47.3 Å². The van der Waals surface area contributed by atoms with Gasteiger partial charge in [-0.2, -0.15) is 4.31 Å². The highest BCUT2D eigenvalue weighted by atomic mass is 35.5. The summed E-state index contributed by atoms with van der Waals surface area (Å²) in [6.07, 6.45) is 1.16. The molecule has 1 heterocycles. The Morgan fingerprint density at radius 2 is 1.76 bits per heavy atom. The Balaban J connectivity index is 1.49. The monoisotopic (exact) mass is 500 g/mol. The number of para-hydroxylation sites is 1. The van der Waals surface area contributed by atoms with Crippen LogP contribution >= 0.6 is 11.6 Å². The third-order valence-corrected chi connectivity index (χ3v) is 7.74. The van der Waals surface area contributed by atoms with Gasteiger partial charge in [0.05, 0.1) is 23.6 Å². The van der Waals surface area contributed by atoms with Crippen molar-refractivity contribution in [1.29, 1.82) is 0 Å². The van der Waals surface area contributed by atoms with Crippen molar-refractivity contribution in [3.8, 4) is 17.2 Å². The summed E-state index contributed by atoms with van der Waals surface area (Å²) in [5, 5.41) is 3.33. The maximum absolute atomic E-state index is 13.1. The molecule has 0 aromatic heterocycles. The number of anilines is 1. The van der Waals surface area contributed by atoms with Gasteiger partial charge in [0.2, 0.25) is 15.9 Å². The molecule has 1 aliphatic rings. The Bertz CT molecular complexity index is 1250. The molecule has 3 aromatic rings. The standard InChI is InChI=1S/C25H25ClN2O5S/c1-32-20-10-12-22(13-11-20)34(30,31)28-15-5-6-18(17-28)25(29)27-23-16-19(26)9-14-24(23)33-21-7-3-2-4-8-21/h2-4,7-14,16,18H,5-6,15,17H2,1H3,(H,27,29)/t18-/m0/s1. The van der Waals surface area contributed by atoms with E-state index in [1.165, 1.54) is 23.5 Å². The number of methoxy groups -OCH3 is 1. The SMILES string of the molecule is COc1ccc(S(=O)(=O)N2CCC[C@H](C(=O)Nc3cc(Cl)ccc3Oc3ccccc3)C2)cc1. The summed E-state index contributed by atoms with van der Waals surface area (Å²) in [5.41, 5.74) is 0.427. The first-order valence-electron chi connectivity index (χ1n) is 10.8. The van der Waals surface area contributed by atoms with Gasteiger partial charge in [-0.15, -0.1) is 0 Å². The number of ether oxygens (including phenoxy) is 2. The van der Waals surface area contributed by atoms with Crippen LogP contribution in [0.25, 0.3) is 0 Å². The molecular formula is C25H25ClN2O5S. The number of piperidine rings is 1. The highest BCUT2D eigenvalue weighted by molar-refractivity contribution is 7.89. The van der Waals surface area contributed by atoms with Crippen molar-refractivity contribution in [3.63, 3.8) is 0 Å². The molecule has 178 valence electrons. The van der Waals surface area contributed by atoms with Crippen molar-refractivity contribution in [1.82, 2.24) is 4.31 Å². The van der Waals surface area contributed by atoms with Crippen LogP contribution in [-0.2, 0) is 14.8 Å². The zero-order valence-electron chi connectivity index (χ0n) is 18.6. The number of sulfonamides is 1. The van der Waals surface area contributed by atoms with Gasteiger partial charge in [0, 0.05) is 18.1 Å². The lowest BCUT2D eigenvalue weighted by molar-refractivity contribution is -0.120. The van der Waals surface area contributed by atoms with Crippen LogP contribution in [0.3, 0.4) is 0 Å². The normalized spacial score (nSPS) is 16.6. The number of hydrogen-bond acceptors (Lipinski definition) is 5. The molecule has 1 saturated heterocycles. The van der Waals surface area contributed by atoms with E-state index in [0.717, 1.165) is 0 Å². The molecule has 0 aliphatic carbocycles. The minimum Gasteiger partial charge on any atom is -0.497 e. The predicted octanol–water partition coefficient (Wildman–Crippen LogP) is 5.18. The molecule has 9 heteroatoms. The van der Waals surface area contributed by atoms with E-state index >= 15 is 0 Å². The van der Waals surface area contributed by atoms with Crippen molar-refractivity contribution in [2.75, 3.05) is 25.5 Å². The van der Waals surface area contributed by atoms with Crippen molar-refractivity contribution in [3.05, 3.63) is 77.8 Å². The number of carbonyl (C=O) groups excluding carboxylic acids is 1. The lowest BCUT2D eigenvalue weighted by Crippen LogP contribution is -2.43. The van der Waals surface area contributed by atoms with Gasteiger partial charge in [0.15, 0.2) is 5.75 Å². The Hall–Kier alpha value is -3.07. The van der Waals surface area contributed by atoms with Crippen LogP contribution in [0.5, 0.6) is 17.2 Å². The number of benzene rings is 3. The minimum atomic E-state index is -3.73. The summed E-state index contributed by atoms with van der Waals surface area (Å²) in [7, 11) is -2.21. The van der Waals surface area contributed by atoms with Crippen LogP contribution in [-0.4, -0.2) is 38.8 Å². The summed E-state index contributed by atoms with van der Waals surface area (Å²) in [4.78, 5) is 13.3. The van der Waals surface area contributed by atoms with Crippen LogP contribution in [0.1, 0.15) is 12.8 Å². The van der Waals surface area contributed by atoms with Gasteiger partial charge in [0.1, 0.15) is 11.5 Å². The molecule has 0 radical (unpaired) electrons. The van der Waals surface area contributed by atoms with Crippen LogP contribution in [0, 0.1) is 5.92 Å². The summed E-state index contributed by atoms with van der Waals surface area (Å²) in [6, 6.07) is 20.4. The highest BCUT2D eigenvalue weighted by Crippen LogP contribution is 2.33. The van der Waals surface area contributed by atoms with Crippen LogP contribution in [0.2, 0.25) is 5.02 Å². The molecule has 0 spiro atoms. The second-order valence-corrected chi connectivity index (χ2v) is 10.3. The number of amides is 1. The summed E-state index contributed by atoms with van der Waals surface area (Å²) >= 11 is 6.16. The summed E-state index contributed by atoms with van der Waals surface area (Å²) < 4.78 is 38.6. The van der Waals surface area contributed by atoms with Gasteiger partial charge in [0.25, 0.3) is 0 Å². The van der Waals surface area contributed by atoms with Gasteiger partial charge in [-0.25, -0.2) is 8.42 Å². The minimum absolute atomic E-state index is 0.0929. The average Bonchev–Trinajstić information content (AvgIpc) is 2.86. The lowest BCUT2D eigenvalue weighted by atomic mass is 9.98. The van der Waals surface area contributed by atoms with E-state index in [2.05, 4.69) is 5.32 Å². The molecule has 4 rings (SSSR count). The Kier molecular flexibility index (Phi) is 7.41. The Morgan fingerprint density at radius 3 is 2.47 bits per heavy atom. The molecule has 1 fully saturated rings. The molecule has 1 aliphatic heterocycles. The zero-order valence-corrected chi connectivity index (χ0v) is 20.2. The van der Waals surface area contributed by atoms with Crippen LogP contribution in [0.4, 0.5) is 5.69 Å². The van der Waals surface area contributed by atoms with Gasteiger partial charge in [-0.1, -0.05) is 29.8 Å². The second-order valence-electron chi connectivity index (χ2n) is 7.92. The van der Waals surface area contributed by atoms with Crippen LogP contribution in [0.15, 0.2) is 77.7 Å². The average molecular weight is 501 g/mol. The van der Waals surface area contributed by atoms with E-state index in [1.54, 1.807) is 30.3 Å². The molecular weight excluding hydrogens is 476 g/mol. The molecule has 0 saturated carbocycles. The molecule has 1 N–H and O–H groups in total. The molecule has 34 heavy (non-hydrogen) atoms. The molecule has 7 nitrogen and oxygen atoms in total. The molecule has 3 aromatic carbocycles. The number of hydrogen-bond donors (Lipinski definition) is 1. The number of carbonyl (C=O) groups is 1. The number of nitrogens with zero attached hydrogens (tertiary/aromatic N) is 1. The molecule has 1 amide bonds. The van der Waals surface area contributed by atoms with Crippen molar-refractivity contribution in [2.45, 2.75) is 17.7 Å². The number of nitrogens with one attached hydrogen (secondary N) is 1. The Morgan fingerprint density at radius 1 is 1.03 bits per heavy atom. The topological polar surface area (TPSA) is 84.9 Å². The summed E-state index contributed by atoms with van der Waals surface area (Å²) in [5.74, 6) is 0.849. The van der Waals surface area contributed by atoms with Gasteiger partial charge >= 0.3 is 0 Å². The Labute approximate surface area is 204 Å². The molecule has 0 bridgehead atoms. The number of halogens is 1. The third kappa shape index (κ3) is 5.52. The largest absolute Gasteiger partial charge is 0.497 e. The van der Waals surface area contributed by atoms with E-state index in [9.17, 15) is 13.2 Å². The van der Waals surface area contributed by atoms with E-state index < -0.39 is 15.9 Å². The third-order valence-electron chi connectivity index (χ3n) is 5.62.